The molecule has 3 nitrogen and oxygen atoms in total. The predicted molar refractivity (Wildman–Crippen MR) is 55.6 cm³/mol. The summed E-state index contributed by atoms with van der Waals surface area (Å²) in [5, 5.41) is 2.69. The maximum Gasteiger partial charge on any atom is 0.221 e. The molecule has 0 aliphatic carbocycles. The molecule has 3 N–H and O–H groups in total. The third kappa shape index (κ3) is 4.98. The first-order valence-corrected chi connectivity index (χ1v) is 4.10. The average Bonchev–Trinajstić information content (AvgIpc) is 2.12. The molecule has 13 heavy (non-hydrogen) atoms. The number of rotatable bonds is 1. The minimum absolute atomic E-state index is 0.0335. The van der Waals surface area contributed by atoms with Crippen LogP contribution >= 0.6 is 0 Å². The van der Waals surface area contributed by atoms with Gasteiger partial charge in [0.1, 0.15) is 0 Å². The predicted octanol–water partition coefficient (Wildman–Crippen LogP) is 1.53. The molecule has 0 radical (unpaired) electrons. The van der Waals surface area contributed by atoms with Crippen LogP contribution < -0.4 is 11.1 Å². The zero-order valence-corrected chi connectivity index (χ0v) is 8.29. The second kappa shape index (κ2) is 6.20. The molecule has 0 fully saturated rings. The molecule has 0 saturated carbocycles. The van der Waals surface area contributed by atoms with E-state index in [2.05, 4.69) is 11.1 Å². The van der Waals surface area contributed by atoms with Gasteiger partial charge >= 0.3 is 0 Å². The van der Waals surface area contributed by atoms with E-state index in [1.807, 2.05) is 31.2 Å². The molecule has 1 aromatic carbocycles. The van der Waals surface area contributed by atoms with E-state index in [1.54, 1.807) is 0 Å². The van der Waals surface area contributed by atoms with Crippen molar-refractivity contribution in [2.75, 3.05) is 12.4 Å². The molecule has 0 spiro atoms. The molecule has 0 bridgehead atoms. The quantitative estimate of drug-likeness (QED) is 0.688. The topological polar surface area (TPSA) is 55.1 Å². The number of nitrogens with two attached hydrogens (primary N) is 1. The maximum absolute atomic E-state index is 10.6. The average molecular weight is 180 g/mol. The van der Waals surface area contributed by atoms with E-state index in [4.69, 9.17) is 0 Å². The van der Waals surface area contributed by atoms with Crippen LogP contribution in [-0.2, 0) is 4.79 Å². The summed E-state index contributed by atoms with van der Waals surface area (Å²) in [6, 6.07) is 7.70. The fourth-order valence-electron chi connectivity index (χ4n) is 0.840. The zero-order valence-electron chi connectivity index (χ0n) is 8.29. The van der Waals surface area contributed by atoms with Gasteiger partial charge in [-0.1, -0.05) is 17.7 Å². The van der Waals surface area contributed by atoms with Crippen LogP contribution in [0.25, 0.3) is 0 Å². The molecule has 72 valence electrons. The van der Waals surface area contributed by atoms with Crippen molar-refractivity contribution < 1.29 is 4.79 Å². The number of carbonyl (C=O) groups excluding carboxylic acids is 1. The first-order chi connectivity index (χ1) is 6.18. The molecular weight excluding hydrogens is 164 g/mol. The van der Waals surface area contributed by atoms with Crippen molar-refractivity contribution in [3.05, 3.63) is 29.8 Å². The van der Waals surface area contributed by atoms with E-state index < -0.39 is 0 Å². The fourth-order valence-corrected chi connectivity index (χ4v) is 0.840. The van der Waals surface area contributed by atoms with Gasteiger partial charge in [-0.25, -0.2) is 0 Å². The number of anilines is 1. The molecule has 1 amide bonds. The van der Waals surface area contributed by atoms with Crippen LogP contribution in [0.1, 0.15) is 12.5 Å². The van der Waals surface area contributed by atoms with Gasteiger partial charge in [-0.15, -0.1) is 0 Å². The van der Waals surface area contributed by atoms with Crippen molar-refractivity contribution in [1.82, 2.24) is 0 Å². The molecule has 3 heteroatoms. The summed E-state index contributed by atoms with van der Waals surface area (Å²) in [5.74, 6) is -0.0335. The van der Waals surface area contributed by atoms with E-state index in [0.717, 1.165) is 5.69 Å². The van der Waals surface area contributed by atoms with Gasteiger partial charge in [0.2, 0.25) is 5.91 Å². The second-order valence-corrected chi connectivity index (χ2v) is 2.55. The van der Waals surface area contributed by atoms with Crippen molar-refractivity contribution in [2.45, 2.75) is 13.8 Å². The molecular formula is C10H16N2O. The molecule has 0 saturated heterocycles. The van der Waals surface area contributed by atoms with Crippen LogP contribution in [0.15, 0.2) is 24.3 Å². The van der Waals surface area contributed by atoms with Crippen molar-refractivity contribution in [3.8, 4) is 0 Å². The van der Waals surface area contributed by atoms with Crippen LogP contribution in [0.5, 0.6) is 0 Å². The highest BCUT2D eigenvalue weighted by atomic mass is 16.1. The second-order valence-electron chi connectivity index (χ2n) is 2.55. The van der Waals surface area contributed by atoms with Gasteiger partial charge in [0.25, 0.3) is 0 Å². The van der Waals surface area contributed by atoms with Crippen molar-refractivity contribution in [3.63, 3.8) is 0 Å². The molecule has 0 aliphatic rings. The van der Waals surface area contributed by atoms with Crippen molar-refractivity contribution in [2.24, 2.45) is 5.73 Å². The van der Waals surface area contributed by atoms with E-state index in [0.29, 0.717) is 0 Å². The van der Waals surface area contributed by atoms with Gasteiger partial charge in [-0.2, -0.15) is 0 Å². The van der Waals surface area contributed by atoms with Gasteiger partial charge < -0.3 is 11.1 Å². The number of hydrogen-bond acceptors (Lipinski definition) is 2. The Morgan fingerprint density at radius 1 is 1.23 bits per heavy atom. The van der Waals surface area contributed by atoms with Crippen molar-refractivity contribution in [1.29, 1.82) is 0 Å². The Hall–Kier alpha value is -1.35. The van der Waals surface area contributed by atoms with Crippen LogP contribution in [0.2, 0.25) is 0 Å². The summed E-state index contributed by atoms with van der Waals surface area (Å²) in [5.41, 5.74) is 6.54. The monoisotopic (exact) mass is 180 g/mol. The number of amides is 1. The lowest BCUT2D eigenvalue weighted by Crippen LogP contribution is -2.05. The molecule has 1 aromatic rings. The first-order valence-electron chi connectivity index (χ1n) is 4.10. The summed E-state index contributed by atoms with van der Waals surface area (Å²) in [7, 11) is 1.50. The lowest BCUT2D eigenvalue weighted by Gasteiger charge is -2.00. The van der Waals surface area contributed by atoms with Gasteiger partial charge in [0.15, 0.2) is 0 Å². The minimum Gasteiger partial charge on any atom is -0.333 e. The van der Waals surface area contributed by atoms with Gasteiger partial charge in [-0.3, -0.25) is 4.79 Å². The van der Waals surface area contributed by atoms with Gasteiger partial charge in [-0.05, 0) is 26.1 Å². The SMILES string of the molecule is CC(=O)Nc1ccc(C)cc1.CN. The lowest BCUT2D eigenvalue weighted by molar-refractivity contribution is -0.114. The van der Waals surface area contributed by atoms with Crippen LogP contribution in [0.3, 0.4) is 0 Å². The molecule has 0 atom stereocenters. The minimum atomic E-state index is -0.0335. The Bertz CT molecular complexity index is 254. The van der Waals surface area contributed by atoms with Gasteiger partial charge in [0, 0.05) is 12.6 Å². The Kier molecular flexibility index (Phi) is 5.55. The molecule has 0 heterocycles. The number of carbonyl (C=O) groups is 1. The smallest absolute Gasteiger partial charge is 0.221 e. The highest BCUT2D eigenvalue weighted by Crippen LogP contribution is 2.07. The van der Waals surface area contributed by atoms with Crippen LogP contribution in [0.4, 0.5) is 5.69 Å². The summed E-state index contributed by atoms with van der Waals surface area (Å²) >= 11 is 0. The summed E-state index contributed by atoms with van der Waals surface area (Å²) in [6.07, 6.45) is 0. The fraction of sp³-hybridized carbons (Fsp3) is 0.300. The lowest BCUT2D eigenvalue weighted by atomic mass is 10.2. The van der Waals surface area contributed by atoms with Crippen molar-refractivity contribution >= 4 is 11.6 Å². The molecule has 0 aromatic heterocycles. The van der Waals surface area contributed by atoms with Crippen LogP contribution in [-0.4, -0.2) is 13.0 Å². The van der Waals surface area contributed by atoms with E-state index >= 15 is 0 Å². The van der Waals surface area contributed by atoms with Crippen LogP contribution in [0, 0.1) is 6.92 Å². The Balaban J connectivity index is 0.000000671. The third-order valence-corrected chi connectivity index (χ3v) is 1.37. The van der Waals surface area contributed by atoms with E-state index in [-0.39, 0.29) is 5.91 Å². The largest absolute Gasteiger partial charge is 0.333 e. The normalized spacial score (nSPS) is 8.31. The Labute approximate surface area is 78.9 Å². The summed E-state index contributed by atoms with van der Waals surface area (Å²) in [6.45, 7) is 3.51. The number of aryl methyl sites for hydroxylation is 1. The summed E-state index contributed by atoms with van der Waals surface area (Å²) in [4.78, 5) is 10.6. The number of hydrogen-bond donors (Lipinski definition) is 2. The number of nitrogens with one attached hydrogen (secondary N) is 1. The highest BCUT2D eigenvalue weighted by Gasteiger charge is 1.92. The Morgan fingerprint density at radius 3 is 2.08 bits per heavy atom. The Morgan fingerprint density at radius 2 is 1.69 bits per heavy atom. The summed E-state index contributed by atoms with van der Waals surface area (Å²) < 4.78 is 0. The first kappa shape index (κ1) is 11.6. The molecule has 0 unspecified atom stereocenters. The molecule has 1 rings (SSSR count). The number of benzene rings is 1. The van der Waals surface area contributed by atoms with Gasteiger partial charge in [0.05, 0.1) is 0 Å². The third-order valence-electron chi connectivity index (χ3n) is 1.37. The highest BCUT2D eigenvalue weighted by molar-refractivity contribution is 5.88. The zero-order chi connectivity index (χ0) is 10.3. The maximum atomic E-state index is 10.6. The van der Waals surface area contributed by atoms with E-state index in [1.165, 1.54) is 19.5 Å². The molecule has 0 aliphatic heterocycles. The standard InChI is InChI=1S/C9H11NO.CH5N/c1-7-3-5-9(6-4-7)10-8(2)11;1-2/h3-6H,1-2H3,(H,10,11);2H2,1H3. The van der Waals surface area contributed by atoms with E-state index in [9.17, 15) is 4.79 Å².